The molecule has 0 aliphatic heterocycles. The molecular formula is C72H143N2O7P. The third kappa shape index (κ3) is 63.3. The van der Waals surface area contributed by atoms with Gasteiger partial charge < -0.3 is 28.5 Å². The second kappa shape index (κ2) is 62.8. The predicted molar refractivity (Wildman–Crippen MR) is 354 cm³/mol. The van der Waals surface area contributed by atoms with Crippen LogP contribution in [0.1, 0.15) is 387 Å². The molecule has 0 fully saturated rings. The fourth-order valence-electron chi connectivity index (χ4n) is 11.4. The summed E-state index contributed by atoms with van der Waals surface area (Å²) < 4.78 is 30.5. The molecule has 1 N–H and O–H groups in total. The van der Waals surface area contributed by atoms with Crippen molar-refractivity contribution in [1.29, 1.82) is 0 Å². The van der Waals surface area contributed by atoms with Gasteiger partial charge in [0.15, 0.2) is 0 Å². The molecule has 0 saturated heterocycles. The highest BCUT2D eigenvalue weighted by Gasteiger charge is 2.27. The first-order valence-corrected chi connectivity index (χ1v) is 38.0. The van der Waals surface area contributed by atoms with Crippen molar-refractivity contribution in [2.75, 3.05) is 40.9 Å². The summed E-state index contributed by atoms with van der Waals surface area (Å²) in [5.41, 5.74) is 0. The summed E-state index contributed by atoms with van der Waals surface area (Å²) in [6.07, 6.45) is 74.8. The maximum Gasteiger partial charge on any atom is 0.306 e. The van der Waals surface area contributed by atoms with Crippen molar-refractivity contribution in [3.8, 4) is 0 Å². The number of hydrogen-bond donors (Lipinski definition) is 1. The summed E-state index contributed by atoms with van der Waals surface area (Å²) in [6.45, 7) is 6.93. The number of nitrogens with one attached hydrogen (secondary N) is 1. The highest BCUT2D eigenvalue weighted by Crippen LogP contribution is 2.38. The number of likely N-dealkylation sites (N-methyl/N-ethyl adjacent to an activating group) is 1. The van der Waals surface area contributed by atoms with Crippen LogP contribution in [0.15, 0.2) is 12.2 Å². The summed E-state index contributed by atoms with van der Waals surface area (Å²) in [4.78, 5) is 40.2. The topological polar surface area (TPSA) is 114 Å². The minimum Gasteiger partial charge on any atom is -0.756 e. The Kier molecular flexibility index (Phi) is 61.8. The van der Waals surface area contributed by atoms with Crippen LogP contribution in [0.2, 0.25) is 0 Å². The molecule has 3 unspecified atom stereocenters. The van der Waals surface area contributed by atoms with Crippen molar-refractivity contribution in [1.82, 2.24) is 5.32 Å². The Morgan fingerprint density at radius 2 is 0.695 bits per heavy atom. The largest absolute Gasteiger partial charge is 0.756 e. The lowest BCUT2D eigenvalue weighted by Gasteiger charge is -2.30. The number of carbonyl (C=O) groups excluding carboxylic acids is 2. The molecule has 10 heteroatoms. The number of hydrogen-bond acceptors (Lipinski definition) is 7. The molecule has 0 saturated carbocycles. The van der Waals surface area contributed by atoms with Gasteiger partial charge in [0.25, 0.3) is 7.82 Å². The fourth-order valence-corrected chi connectivity index (χ4v) is 12.1. The first-order valence-electron chi connectivity index (χ1n) is 36.5. The summed E-state index contributed by atoms with van der Waals surface area (Å²) in [5.74, 6) is -0.512. The Hall–Kier alpha value is -1.25. The van der Waals surface area contributed by atoms with Crippen LogP contribution >= 0.6 is 7.82 Å². The molecule has 488 valence electrons. The average Bonchev–Trinajstić information content (AvgIpc) is 3.47. The number of unbranched alkanes of at least 4 members (excludes halogenated alkanes) is 52. The molecule has 9 nitrogen and oxygen atoms in total. The zero-order valence-electron chi connectivity index (χ0n) is 56.0. The third-order valence-electron chi connectivity index (χ3n) is 17.0. The smallest absolute Gasteiger partial charge is 0.306 e. The number of esters is 1. The van der Waals surface area contributed by atoms with Crippen molar-refractivity contribution < 1.29 is 37.3 Å². The molecule has 0 radical (unpaired) electrons. The van der Waals surface area contributed by atoms with E-state index < -0.39 is 20.0 Å². The molecule has 0 aliphatic carbocycles. The van der Waals surface area contributed by atoms with E-state index in [-0.39, 0.29) is 31.5 Å². The third-order valence-corrected chi connectivity index (χ3v) is 17.9. The van der Waals surface area contributed by atoms with Crippen molar-refractivity contribution in [2.24, 2.45) is 0 Å². The molecule has 0 rings (SSSR count). The molecule has 0 bridgehead atoms. The second-order valence-corrected chi connectivity index (χ2v) is 27.9. The second-order valence-electron chi connectivity index (χ2n) is 26.5. The van der Waals surface area contributed by atoms with Crippen molar-refractivity contribution in [3.05, 3.63) is 12.2 Å². The lowest BCUT2D eigenvalue weighted by Crippen LogP contribution is -2.47. The van der Waals surface area contributed by atoms with Crippen LogP contribution in [-0.4, -0.2) is 69.4 Å². The van der Waals surface area contributed by atoms with Crippen molar-refractivity contribution in [3.63, 3.8) is 0 Å². The number of phosphoric acid groups is 1. The van der Waals surface area contributed by atoms with E-state index in [0.29, 0.717) is 17.4 Å². The van der Waals surface area contributed by atoms with Crippen LogP contribution < -0.4 is 10.2 Å². The van der Waals surface area contributed by atoms with Gasteiger partial charge in [0.05, 0.1) is 33.8 Å². The van der Waals surface area contributed by atoms with Gasteiger partial charge >= 0.3 is 5.97 Å². The van der Waals surface area contributed by atoms with Crippen LogP contribution in [0.3, 0.4) is 0 Å². The number of ether oxygens (including phenoxy) is 1. The SMILES string of the molecule is CCCCCCCCCCCC/C=C/C(OC(=O)CCCCCCCCCCCCCCCCCCCCCCCCC)C(COP(=O)([O-])OCC[N+](C)(C)C)NC(=O)CCCCCCCCCCCCCCCCCCCCCCC. The van der Waals surface area contributed by atoms with Crippen LogP contribution in [0.4, 0.5) is 0 Å². The van der Waals surface area contributed by atoms with E-state index in [1.165, 1.54) is 295 Å². The van der Waals surface area contributed by atoms with Gasteiger partial charge in [0.1, 0.15) is 19.3 Å². The maximum absolute atomic E-state index is 13.6. The molecule has 0 aromatic heterocycles. The van der Waals surface area contributed by atoms with E-state index in [9.17, 15) is 19.0 Å². The molecule has 1 amide bonds. The Morgan fingerprint density at radius 1 is 0.415 bits per heavy atom. The van der Waals surface area contributed by atoms with E-state index >= 15 is 0 Å². The number of carbonyl (C=O) groups is 2. The Bertz CT molecular complexity index is 1410. The first-order chi connectivity index (χ1) is 39.9. The predicted octanol–water partition coefficient (Wildman–Crippen LogP) is 22.4. The average molecular weight is 1180 g/mol. The monoisotopic (exact) mass is 1180 g/mol. The van der Waals surface area contributed by atoms with Crippen LogP contribution in [0, 0.1) is 0 Å². The fraction of sp³-hybridized carbons (Fsp3) is 0.944. The number of allylic oxidation sites excluding steroid dienone is 1. The van der Waals surface area contributed by atoms with Crippen LogP contribution in [-0.2, 0) is 27.9 Å². The summed E-state index contributed by atoms with van der Waals surface area (Å²) in [5, 5.41) is 3.05. The minimum absolute atomic E-state index is 0.0164. The quantitative estimate of drug-likeness (QED) is 0.0212. The highest BCUT2D eigenvalue weighted by molar-refractivity contribution is 7.45. The Balaban J connectivity index is 5.00. The maximum atomic E-state index is 13.6. The van der Waals surface area contributed by atoms with Gasteiger partial charge in [-0.15, -0.1) is 0 Å². The Morgan fingerprint density at radius 3 is 1.00 bits per heavy atom. The van der Waals surface area contributed by atoms with Gasteiger partial charge in [-0.05, 0) is 31.8 Å². The minimum atomic E-state index is -4.70. The van der Waals surface area contributed by atoms with E-state index in [2.05, 4.69) is 26.1 Å². The number of amides is 1. The molecule has 0 aliphatic rings. The zero-order chi connectivity index (χ0) is 60.0. The number of quaternary nitrogens is 1. The summed E-state index contributed by atoms with van der Waals surface area (Å²) in [6, 6.07) is -0.881. The lowest BCUT2D eigenvalue weighted by atomic mass is 10.0. The van der Waals surface area contributed by atoms with Gasteiger partial charge in [-0.25, -0.2) is 0 Å². The van der Waals surface area contributed by atoms with Gasteiger partial charge in [-0.2, -0.15) is 0 Å². The molecule has 0 spiro atoms. The van der Waals surface area contributed by atoms with Gasteiger partial charge in [0.2, 0.25) is 5.91 Å². The van der Waals surface area contributed by atoms with Crippen molar-refractivity contribution in [2.45, 2.75) is 399 Å². The van der Waals surface area contributed by atoms with Gasteiger partial charge in [-0.3, -0.25) is 14.2 Å². The van der Waals surface area contributed by atoms with E-state index in [1.54, 1.807) is 0 Å². The molecule has 0 aromatic carbocycles. The molecular weight excluding hydrogens is 1040 g/mol. The lowest BCUT2D eigenvalue weighted by molar-refractivity contribution is -0.870. The molecule has 82 heavy (non-hydrogen) atoms. The highest BCUT2D eigenvalue weighted by atomic mass is 31.2. The van der Waals surface area contributed by atoms with Crippen molar-refractivity contribution >= 4 is 19.7 Å². The standard InChI is InChI=1S/C72H143N2O7P/c1-7-10-13-16-19-22-25-28-30-32-34-36-37-39-41-43-45-47-50-53-56-59-62-65-72(76)81-70(63-60-57-54-51-48-27-24-21-18-15-12-9-3)69(68-80-82(77,78)79-67-66-74(4,5)6)73-71(75)64-61-58-55-52-49-46-44-42-40-38-35-33-31-29-26-23-20-17-14-11-8-2/h60,63,69-70H,7-59,61-62,64-68H2,1-6H3,(H-,73,75,77,78)/b63-60+. The van der Waals surface area contributed by atoms with Crippen LogP contribution in [0.25, 0.3) is 0 Å². The van der Waals surface area contributed by atoms with Crippen LogP contribution in [0.5, 0.6) is 0 Å². The van der Waals surface area contributed by atoms with Gasteiger partial charge in [-0.1, -0.05) is 354 Å². The number of nitrogens with zero attached hydrogens (tertiary/aromatic N) is 1. The Labute approximate surface area is 511 Å². The number of phosphoric ester groups is 1. The van der Waals surface area contributed by atoms with E-state index in [4.69, 9.17) is 13.8 Å². The molecule has 3 atom stereocenters. The first kappa shape index (κ1) is 80.8. The zero-order valence-corrected chi connectivity index (χ0v) is 56.9. The van der Waals surface area contributed by atoms with Gasteiger partial charge in [0, 0.05) is 12.8 Å². The molecule has 0 heterocycles. The summed E-state index contributed by atoms with van der Waals surface area (Å²) >= 11 is 0. The molecule has 0 aromatic rings. The van der Waals surface area contributed by atoms with E-state index in [1.807, 2.05) is 33.3 Å². The summed E-state index contributed by atoms with van der Waals surface area (Å²) in [7, 11) is 1.21. The normalized spacial score (nSPS) is 13.5. The van der Waals surface area contributed by atoms with E-state index in [0.717, 1.165) is 57.8 Å². The number of rotatable bonds is 68.